The van der Waals surface area contributed by atoms with E-state index in [1.807, 2.05) is 24.3 Å². The van der Waals surface area contributed by atoms with Crippen LogP contribution >= 0.6 is 11.3 Å². The molecule has 1 aromatic carbocycles. The number of thiazole rings is 1. The van der Waals surface area contributed by atoms with Crippen molar-refractivity contribution in [3.05, 3.63) is 34.8 Å². The molecule has 0 unspecified atom stereocenters. The number of ether oxygens (including phenoxy) is 1. The maximum atomic E-state index is 12.6. The molecule has 0 fully saturated rings. The summed E-state index contributed by atoms with van der Waals surface area (Å²) >= 11 is 1.33. The molecule has 1 aliphatic rings. The van der Waals surface area contributed by atoms with Crippen LogP contribution in [0.4, 0.5) is 13.2 Å². The van der Waals surface area contributed by atoms with Crippen LogP contribution in [-0.2, 0) is 17.8 Å². The summed E-state index contributed by atoms with van der Waals surface area (Å²) in [5.41, 5.74) is 1.67. The lowest BCUT2D eigenvalue weighted by Crippen LogP contribution is -2.43. The lowest BCUT2D eigenvalue weighted by Gasteiger charge is -2.26. The van der Waals surface area contributed by atoms with Gasteiger partial charge in [-0.2, -0.15) is 13.2 Å². The van der Waals surface area contributed by atoms with Crippen LogP contribution in [0.25, 0.3) is 10.6 Å². The number of hydrogen-bond donors (Lipinski definition) is 0. The van der Waals surface area contributed by atoms with Gasteiger partial charge in [0.2, 0.25) is 0 Å². The standard InChI is InChI=1S/C18H19F3N2O2S/c1-2-3-10-25-13-6-4-12(5-7-13)16-22-14-8-9-23(11-15(14)26-16)17(24)18(19,20)21/h4-7H,2-3,8-11H2,1H3. The third-order valence-corrected chi connectivity index (χ3v) is 5.26. The summed E-state index contributed by atoms with van der Waals surface area (Å²) < 4.78 is 43.5. The molecule has 2 aromatic rings. The second-order valence-electron chi connectivity index (χ2n) is 6.09. The average molecular weight is 384 g/mol. The highest BCUT2D eigenvalue weighted by molar-refractivity contribution is 7.15. The zero-order chi connectivity index (χ0) is 18.7. The summed E-state index contributed by atoms with van der Waals surface area (Å²) in [5, 5.41) is 0.747. The first-order valence-corrected chi connectivity index (χ1v) is 9.28. The fourth-order valence-corrected chi connectivity index (χ4v) is 3.83. The van der Waals surface area contributed by atoms with E-state index in [1.165, 1.54) is 11.3 Å². The number of hydrogen-bond acceptors (Lipinski definition) is 4. The van der Waals surface area contributed by atoms with Crippen molar-refractivity contribution in [1.82, 2.24) is 9.88 Å². The molecule has 1 amide bonds. The number of nitrogens with zero attached hydrogens (tertiary/aromatic N) is 2. The Bertz CT molecular complexity index is 772. The number of benzene rings is 1. The molecular formula is C18H19F3N2O2S. The first-order chi connectivity index (χ1) is 12.4. The second-order valence-corrected chi connectivity index (χ2v) is 7.17. The van der Waals surface area contributed by atoms with Crippen LogP contribution in [0, 0.1) is 0 Å². The van der Waals surface area contributed by atoms with Gasteiger partial charge in [-0.3, -0.25) is 4.79 Å². The van der Waals surface area contributed by atoms with E-state index in [9.17, 15) is 18.0 Å². The first kappa shape index (κ1) is 18.7. The third kappa shape index (κ3) is 4.17. The Labute approximate surface area is 153 Å². The highest BCUT2D eigenvalue weighted by Crippen LogP contribution is 2.33. The Balaban J connectivity index is 1.71. The quantitative estimate of drug-likeness (QED) is 0.716. The fourth-order valence-electron chi connectivity index (χ4n) is 2.70. The number of alkyl halides is 3. The molecule has 1 aliphatic heterocycles. The molecule has 0 saturated heterocycles. The lowest BCUT2D eigenvalue weighted by atomic mass is 10.1. The number of unbranched alkanes of at least 4 members (excludes halogenated alkanes) is 1. The van der Waals surface area contributed by atoms with Crippen molar-refractivity contribution >= 4 is 17.2 Å². The highest BCUT2D eigenvalue weighted by atomic mass is 32.1. The summed E-state index contributed by atoms with van der Waals surface area (Å²) in [5.74, 6) is -1.00. The Hall–Kier alpha value is -2.09. The minimum absolute atomic E-state index is 0.0381. The van der Waals surface area contributed by atoms with Gasteiger partial charge in [0, 0.05) is 23.4 Å². The first-order valence-electron chi connectivity index (χ1n) is 8.46. The van der Waals surface area contributed by atoms with Gasteiger partial charge in [-0.15, -0.1) is 11.3 Å². The maximum absolute atomic E-state index is 12.6. The van der Waals surface area contributed by atoms with Gasteiger partial charge in [0.15, 0.2) is 0 Å². The van der Waals surface area contributed by atoms with Crippen LogP contribution in [0.15, 0.2) is 24.3 Å². The van der Waals surface area contributed by atoms with Crippen LogP contribution in [0.2, 0.25) is 0 Å². The van der Waals surface area contributed by atoms with Gasteiger partial charge in [0.25, 0.3) is 0 Å². The predicted molar refractivity (Wildman–Crippen MR) is 93.1 cm³/mol. The molecule has 4 nitrogen and oxygen atoms in total. The van der Waals surface area contributed by atoms with E-state index in [1.54, 1.807) is 0 Å². The Morgan fingerprint density at radius 2 is 2.04 bits per heavy atom. The van der Waals surface area contributed by atoms with Crippen molar-refractivity contribution in [2.24, 2.45) is 0 Å². The van der Waals surface area contributed by atoms with Crippen molar-refractivity contribution in [2.75, 3.05) is 13.2 Å². The van der Waals surface area contributed by atoms with Crippen LogP contribution in [0.3, 0.4) is 0 Å². The molecule has 1 aromatic heterocycles. The second kappa shape index (κ2) is 7.65. The molecule has 0 saturated carbocycles. The van der Waals surface area contributed by atoms with E-state index < -0.39 is 12.1 Å². The molecule has 0 spiro atoms. The van der Waals surface area contributed by atoms with E-state index in [-0.39, 0.29) is 13.1 Å². The van der Waals surface area contributed by atoms with Crippen LogP contribution in [-0.4, -0.2) is 35.1 Å². The lowest BCUT2D eigenvalue weighted by molar-refractivity contribution is -0.186. The average Bonchev–Trinajstić information content (AvgIpc) is 3.04. The topological polar surface area (TPSA) is 42.4 Å². The molecule has 140 valence electrons. The highest BCUT2D eigenvalue weighted by Gasteiger charge is 2.43. The van der Waals surface area contributed by atoms with Crippen molar-refractivity contribution in [3.63, 3.8) is 0 Å². The van der Waals surface area contributed by atoms with Gasteiger partial charge in [0.1, 0.15) is 10.8 Å². The minimum atomic E-state index is -4.83. The monoisotopic (exact) mass is 384 g/mol. The van der Waals surface area contributed by atoms with E-state index in [4.69, 9.17) is 4.74 Å². The fraction of sp³-hybridized carbons (Fsp3) is 0.444. The molecule has 26 heavy (non-hydrogen) atoms. The Morgan fingerprint density at radius 3 is 2.69 bits per heavy atom. The normalized spacial score (nSPS) is 14.2. The SMILES string of the molecule is CCCCOc1ccc(-c2nc3c(s2)CN(C(=O)C(F)(F)F)CC3)cc1. The molecule has 0 atom stereocenters. The molecule has 3 rings (SSSR count). The third-order valence-electron chi connectivity index (χ3n) is 4.13. The molecule has 0 N–H and O–H groups in total. The Morgan fingerprint density at radius 1 is 1.31 bits per heavy atom. The van der Waals surface area contributed by atoms with Crippen molar-refractivity contribution in [3.8, 4) is 16.3 Å². The van der Waals surface area contributed by atoms with E-state index >= 15 is 0 Å². The summed E-state index contributed by atoms with van der Waals surface area (Å²) in [6.45, 7) is 2.77. The summed E-state index contributed by atoms with van der Waals surface area (Å²) in [4.78, 5) is 17.5. The molecule has 0 radical (unpaired) electrons. The molecule has 8 heteroatoms. The number of rotatable bonds is 5. The summed E-state index contributed by atoms with van der Waals surface area (Å²) in [6.07, 6.45) is -2.44. The van der Waals surface area contributed by atoms with Crippen molar-refractivity contribution < 1.29 is 22.7 Å². The van der Waals surface area contributed by atoms with E-state index in [0.717, 1.165) is 39.8 Å². The number of carbonyl (C=O) groups excluding carboxylic acids is 1. The van der Waals surface area contributed by atoms with Crippen LogP contribution < -0.4 is 4.74 Å². The van der Waals surface area contributed by atoms with Gasteiger partial charge >= 0.3 is 12.1 Å². The van der Waals surface area contributed by atoms with Crippen molar-refractivity contribution in [1.29, 1.82) is 0 Å². The van der Waals surface area contributed by atoms with E-state index in [0.29, 0.717) is 17.9 Å². The number of carbonyl (C=O) groups is 1. The smallest absolute Gasteiger partial charge is 0.471 e. The molecule has 2 heterocycles. The van der Waals surface area contributed by atoms with Gasteiger partial charge < -0.3 is 9.64 Å². The van der Waals surface area contributed by atoms with Crippen LogP contribution in [0.1, 0.15) is 30.3 Å². The predicted octanol–water partition coefficient (Wildman–Crippen LogP) is 4.44. The number of fused-ring (bicyclic) bond motifs is 1. The van der Waals surface area contributed by atoms with Gasteiger partial charge in [-0.25, -0.2) is 4.98 Å². The summed E-state index contributed by atoms with van der Waals surface area (Å²) in [7, 11) is 0. The van der Waals surface area contributed by atoms with Gasteiger partial charge in [-0.05, 0) is 30.7 Å². The molecular weight excluding hydrogens is 365 g/mol. The summed E-state index contributed by atoms with van der Waals surface area (Å²) in [6, 6.07) is 7.52. The molecule has 0 aliphatic carbocycles. The van der Waals surface area contributed by atoms with Gasteiger partial charge in [0.05, 0.1) is 18.8 Å². The van der Waals surface area contributed by atoms with Crippen LogP contribution in [0.5, 0.6) is 5.75 Å². The Kier molecular flexibility index (Phi) is 5.50. The minimum Gasteiger partial charge on any atom is -0.494 e. The van der Waals surface area contributed by atoms with E-state index in [2.05, 4.69) is 11.9 Å². The van der Waals surface area contributed by atoms with Gasteiger partial charge in [-0.1, -0.05) is 13.3 Å². The van der Waals surface area contributed by atoms with Crippen molar-refractivity contribution in [2.45, 2.75) is 38.9 Å². The maximum Gasteiger partial charge on any atom is 0.471 e. The zero-order valence-electron chi connectivity index (χ0n) is 14.3. The molecule has 0 bridgehead atoms. The number of amides is 1. The largest absolute Gasteiger partial charge is 0.494 e. The zero-order valence-corrected chi connectivity index (χ0v) is 15.1. The number of aromatic nitrogens is 1. The number of halogens is 3.